The minimum absolute atomic E-state index is 0.0136. The molecule has 6 nitrogen and oxygen atoms in total. The quantitative estimate of drug-likeness (QED) is 0.635. The predicted octanol–water partition coefficient (Wildman–Crippen LogP) is 3.78. The standard InChI is InChI=1S/C25H28N4O2/c1-29(2)16-20-15-19(25-26-13-6-14-27-25)11-12-23(20)31-17-24(30)28-22-10-5-8-18-7-3-4-9-21(18)22/h3-4,6-7,9,11-15,22H,5,8,10,16-17H2,1-2H3,(H,28,30)/t22-/m1/s1. The first kappa shape index (κ1) is 21.0. The number of hydrogen-bond donors (Lipinski definition) is 1. The van der Waals surface area contributed by atoms with E-state index in [1.54, 1.807) is 18.5 Å². The van der Waals surface area contributed by atoms with Crippen LogP contribution in [-0.4, -0.2) is 41.5 Å². The molecule has 0 saturated carbocycles. The second-order valence-electron chi connectivity index (χ2n) is 8.13. The van der Waals surface area contributed by atoms with Gasteiger partial charge in [-0.15, -0.1) is 0 Å². The maximum atomic E-state index is 12.6. The van der Waals surface area contributed by atoms with Crippen LogP contribution in [0, 0.1) is 0 Å². The Kier molecular flexibility index (Phi) is 6.57. The van der Waals surface area contributed by atoms with Gasteiger partial charge >= 0.3 is 0 Å². The van der Waals surface area contributed by atoms with Gasteiger partial charge in [0.05, 0.1) is 6.04 Å². The zero-order valence-corrected chi connectivity index (χ0v) is 18.0. The Morgan fingerprint density at radius 1 is 1.13 bits per heavy atom. The largest absolute Gasteiger partial charge is 0.483 e. The summed E-state index contributed by atoms with van der Waals surface area (Å²) in [6.07, 6.45) is 6.57. The molecule has 3 aromatic rings. The third-order valence-corrected chi connectivity index (χ3v) is 5.43. The number of carbonyl (C=O) groups excluding carboxylic acids is 1. The summed E-state index contributed by atoms with van der Waals surface area (Å²) in [4.78, 5) is 23.4. The first-order valence-electron chi connectivity index (χ1n) is 10.6. The molecular formula is C25H28N4O2. The summed E-state index contributed by atoms with van der Waals surface area (Å²) in [7, 11) is 4.01. The summed E-state index contributed by atoms with van der Waals surface area (Å²) >= 11 is 0. The number of nitrogens with one attached hydrogen (secondary N) is 1. The van der Waals surface area contributed by atoms with Crippen LogP contribution in [0.3, 0.4) is 0 Å². The second kappa shape index (κ2) is 9.71. The second-order valence-corrected chi connectivity index (χ2v) is 8.13. The van der Waals surface area contributed by atoms with Crippen LogP contribution in [0.25, 0.3) is 11.4 Å². The fourth-order valence-electron chi connectivity index (χ4n) is 4.05. The van der Waals surface area contributed by atoms with Crippen LogP contribution in [0.1, 0.15) is 35.6 Å². The first-order valence-corrected chi connectivity index (χ1v) is 10.6. The Hall–Kier alpha value is -3.25. The molecule has 31 heavy (non-hydrogen) atoms. The Labute approximate surface area is 183 Å². The van der Waals surface area contributed by atoms with Crippen molar-refractivity contribution in [3.05, 3.63) is 77.6 Å². The molecule has 1 heterocycles. The molecule has 1 aromatic heterocycles. The van der Waals surface area contributed by atoms with Crippen LogP contribution in [0.15, 0.2) is 60.9 Å². The van der Waals surface area contributed by atoms with E-state index in [-0.39, 0.29) is 18.6 Å². The number of hydrogen-bond acceptors (Lipinski definition) is 5. The zero-order chi connectivity index (χ0) is 21.6. The highest BCUT2D eigenvalue weighted by atomic mass is 16.5. The molecule has 160 valence electrons. The van der Waals surface area contributed by atoms with Crippen LogP contribution >= 0.6 is 0 Å². The van der Waals surface area contributed by atoms with Crippen LogP contribution in [0.2, 0.25) is 0 Å². The van der Waals surface area contributed by atoms with Crippen LogP contribution in [0.5, 0.6) is 5.75 Å². The molecule has 2 aromatic carbocycles. The zero-order valence-electron chi connectivity index (χ0n) is 18.0. The van der Waals surface area contributed by atoms with Gasteiger partial charge in [-0.2, -0.15) is 0 Å². The third-order valence-electron chi connectivity index (χ3n) is 5.43. The van der Waals surface area contributed by atoms with Crippen molar-refractivity contribution >= 4 is 5.91 Å². The summed E-state index contributed by atoms with van der Waals surface area (Å²) in [6, 6.07) is 16.1. The van der Waals surface area contributed by atoms with Crippen molar-refractivity contribution < 1.29 is 9.53 Å². The number of carbonyl (C=O) groups is 1. The lowest BCUT2D eigenvalue weighted by molar-refractivity contribution is -0.124. The van der Waals surface area contributed by atoms with Crippen molar-refractivity contribution in [1.82, 2.24) is 20.2 Å². The Morgan fingerprint density at radius 2 is 1.94 bits per heavy atom. The number of rotatable bonds is 7. The van der Waals surface area contributed by atoms with E-state index in [1.165, 1.54) is 11.1 Å². The van der Waals surface area contributed by atoms with Crippen LogP contribution < -0.4 is 10.1 Å². The summed E-state index contributed by atoms with van der Waals surface area (Å²) in [5, 5.41) is 3.15. The number of amides is 1. The van der Waals surface area contributed by atoms with Crippen molar-refractivity contribution in [3.63, 3.8) is 0 Å². The highest BCUT2D eigenvalue weighted by molar-refractivity contribution is 5.78. The van der Waals surface area contributed by atoms with Gasteiger partial charge in [0.25, 0.3) is 5.91 Å². The number of fused-ring (bicyclic) bond motifs is 1. The van der Waals surface area contributed by atoms with E-state index < -0.39 is 0 Å². The number of benzene rings is 2. The highest BCUT2D eigenvalue weighted by Gasteiger charge is 2.21. The van der Waals surface area contributed by atoms with Crippen molar-refractivity contribution in [3.8, 4) is 17.1 Å². The maximum Gasteiger partial charge on any atom is 0.258 e. The molecule has 0 radical (unpaired) electrons. The summed E-state index contributed by atoms with van der Waals surface area (Å²) in [5.41, 5.74) is 4.47. The molecule has 0 unspecified atom stereocenters. The Balaban J connectivity index is 1.44. The lowest BCUT2D eigenvalue weighted by Gasteiger charge is -2.26. The fourth-order valence-corrected chi connectivity index (χ4v) is 4.05. The number of nitrogens with zero attached hydrogens (tertiary/aromatic N) is 3. The summed E-state index contributed by atoms with van der Waals surface area (Å²) < 4.78 is 5.94. The SMILES string of the molecule is CN(C)Cc1cc(-c2ncccn2)ccc1OCC(=O)N[C@@H]1CCCc2ccccc21. The van der Waals surface area contributed by atoms with Gasteiger partial charge in [-0.05, 0) is 68.8 Å². The van der Waals surface area contributed by atoms with E-state index in [0.29, 0.717) is 18.1 Å². The van der Waals surface area contributed by atoms with Gasteiger partial charge < -0.3 is 15.0 Å². The molecule has 1 aliphatic rings. The minimum atomic E-state index is -0.104. The average molecular weight is 417 g/mol. The van der Waals surface area contributed by atoms with Gasteiger partial charge in [-0.3, -0.25) is 4.79 Å². The minimum Gasteiger partial charge on any atom is -0.483 e. The molecule has 6 heteroatoms. The van der Waals surface area contributed by atoms with Crippen molar-refractivity contribution in [2.45, 2.75) is 31.8 Å². The number of ether oxygens (including phenoxy) is 1. The highest BCUT2D eigenvalue weighted by Crippen LogP contribution is 2.29. The Bertz CT molecular complexity index is 1040. The third kappa shape index (κ3) is 5.27. The van der Waals surface area contributed by atoms with Gasteiger partial charge in [0.1, 0.15) is 5.75 Å². The first-order chi connectivity index (χ1) is 15.1. The van der Waals surface area contributed by atoms with E-state index in [9.17, 15) is 4.79 Å². The van der Waals surface area contributed by atoms with Crippen molar-refractivity contribution in [2.24, 2.45) is 0 Å². The topological polar surface area (TPSA) is 67.3 Å². The summed E-state index contributed by atoms with van der Waals surface area (Å²) in [5.74, 6) is 1.27. The van der Waals surface area contributed by atoms with Gasteiger partial charge in [-0.25, -0.2) is 9.97 Å². The molecule has 4 rings (SSSR count). The predicted molar refractivity (Wildman–Crippen MR) is 121 cm³/mol. The van der Waals surface area contributed by atoms with Gasteiger partial charge in [-0.1, -0.05) is 24.3 Å². The molecule has 1 amide bonds. The Morgan fingerprint density at radius 3 is 2.74 bits per heavy atom. The average Bonchev–Trinajstić information content (AvgIpc) is 2.79. The van der Waals surface area contributed by atoms with Crippen LogP contribution in [-0.2, 0) is 17.8 Å². The molecule has 0 spiro atoms. The molecule has 0 bridgehead atoms. The monoisotopic (exact) mass is 416 g/mol. The molecule has 0 aliphatic heterocycles. The molecule has 1 aliphatic carbocycles. The van der Waals surface area contributed by atoms with Crippen molar-refractivity contribution in [2.75, 3.05) is 20.7 Å². The van der Waals surface area contributed by atoms with E-state index in [1.807, 2.05) is 38.4 Å². The van der Waals surface area contributed by atoms with E-state index in [4.69, 9.17) is 4.74 Å². The van der Waals surface area contributed by atoms with Gasteiger partial charge in [0, 0.05) is 30.1 Å². The van der Waals surface area contributed by atoms with Gasteiger partial charge in [0.2, 0.25) is 0 Å². The fraction of sp³-hybridized carbons (Fsp3) is 0.320. The number of aromatic nitrogens is 2. The molecule has 0 fully saturated rings. The molecular weight excluding hydrogens is 388 g/mol. The van der Waals surface area contributed by atoms with Crippen LogP contribution in [0.4, 0.5) is 0 Å². The lowest BCUT2D eigenvalue weighted by atomic mass is 9.88. The van der Waals surface area contributed by atoms with Crippen molar-refractivity contribution in [1.29, 1.82) is 0 Å². The molecule has 1 N–H and O–H groups in total. The molecule has 0 saturated heterocycles. The smallest absolute Gasteiger partial charge is 0.258 e. The molecule has 1 atom stereocenters. The van der Waals surface area contributed by atoms with E-state index in [0.717, 1.165) is 30.4 Å². The normalized spacial score (nSPS) is 15.4. The van der Waals surface area contributed by atoms with E-state index in [2.05, 4.69) is 38.4 Å². The lowest BCUT2D eigenvalue weighted by Crippen LogP contribution is -2.34. The number of aryl methyl sites for hydroxylation is 1. The van der Waals surface area contributed by atoms with E-state index >= 15 is 0 Å². The maximum absolute atomic E-state index is 12.6. The summed E-state index contributed by atoms with van der Waals surface area (Å²) in [6.45, 7) is 0.675. The van der Waals surface area contributed by atoms with Gasteiger partial charge in [0.15, 0.2) is 12.4 Å².